The summed E-state index contributed by atoms with van der Waals surface area (Å²) in [6, 6.07) is 3.65. The van der Waals surface area contributed by atoms with E-state index >= 15 is 0 Å². The van der Waals surface area contributed by atoms with E-state index in [1.54, 1.807) is 12.3 Å². The smallest absolute Gasteiger partial charge is 0.160 e. The lowest BCUT2D eigenvalue weighted by molar-refractivity contribution is 0.414. The van der Waals surface area contributed by atoms with Crippen LogP contribution in [-0.4, -0.2) is 12.1 Å². The SMILES string of the molecule is COc1cc[nH]c1C#N. The first-order valence-electron chi connectivity index (χ1n) is 2.50. The van der Waals surface area contributed by atoms with E-state index in [2.05, 4.69) is 4.98 Å². The van der Waals surface area contributed by atoms with Crippen LogP contribution < -0.4 is 4.74 Å². The lowest BCUT2D eigenvalue weighted by atomic mass is 10.4. The van der Waals surface area contributed by atoms with Crippen LogP contribution in [0, 0.1) is 11.3 Å². The van der Waals surface area contributed by atoms with Crippen LogP contribution in [0.3, 0.4) is 0 Å². The van der Waals surface area contributed by atoms with Crippen molar-refractivity contribution in [1.82, 2.24) is 4.98 Å². The number of hydrogen-bond acceptors (Lipinski definition) is 2. The van der Waals surface area contributed by atoms with Crippen LogP contribution in [0.5, 0.6) is 5.75 Å². The van der Waals surface area contributed by atoms with Gasteiger partial charge in [0.05, 0.1) is 7.11 Å². The molecule has 0 amide bonds. The number of nitrogens with zero attached hydrogens (tertiary/aromatic N) is 1. The standard InChI is InChI=1S/C6H6N2O/c1-9-6-2-3-8-5(6)4-7/h2-3,8H,1H3. The molecule has 0 atom stereocenters. The van der Waals surface area contributed by atoms with Crippen molar-refractivity contribution in [2.75, 3.05) is 7.11 Å². The van der Waals surface area contributed by atoms with Crippen LogP contribution >= 0.6 is 0 Å². The second-order valence-electron chi connectivity index (χ2n) is 1.53. The number of ether oxygens (including phenoxy) is 1. The van der Waals surface area contributed by atoms with E-state index in [4.69, 9.17) is 10.00 Å². The summed E-state index contributed by atoms with van der Waals surface area (Å²) in [5, 5.41) is 8.38. The van der Waals surface area contributed by atoms with Crippen molar-refractivity contribution in [2.45, 2.75) is 0 Å². The number of methoxy groups -OCH3 is 1. The van der Waals surface area contributed by atoms with Gasteiger partial charge in [0.15, 0.2) is 11.4 Å². The number of H-pyrrole nitrogens is 1. The summed E-state index contributed by atoms with van der Waals surface area (Å²) < 4.78 is 4.82. The first-order valence-corrected chi connectivity index (χ1v) is 2.50. The molecule has 0 fully saturated rings. The first kappa shape index (κ1) is 5.70. The van der Waals surface area contributed by atoms with Gasteiger partial charge in [-0.1, -0.05) is 0 Å². The largest absolute Gasteiger partial charge is 0.494 e. The number of rotatable bonds is 1. The molecule has 0 aromatic carbocycles. The van der Waals surface area contributed by atoms with Crippen LogP contribution in [-0.2, 0) is 0 Å². The van der Waals surface area contributed by atoms with Crippen LogP contribution in [0.15, 0.2) is 12.3 Å². The summed E-state index contributed by atoms with van der Waals surface area (Å²) >= 11 is 0. The van der Waals surface area contributed by atoms with Crippen molar-refractivity contribution < 1.29 is 4.74 Å². The van der Waals surface area contributed by atoms with Crippen molar-refractivity contribution >= 4 is 0 Å². The zero-order valence-corrected chi connectivity index (χ0v) is 5.01. The molecule has 1 N–H and O–H groups in total. The molecule has 0 aliphatic heterocycles. The molecule has 0 unspecified atom stereocenters. The summed E-state index contributed by atoms with van der Waals surface area (Å²) in [4.78, 5) is 2.72. The molecule has 1 aromatic rings. The predicted molar refractivity (Wildman–Crippen MR) is 32.1 cm³/mol. The molecule has 0 aliphatic carbocycles. The maximum Gasteiger partial charge on any atom is 0.160 e. The van der Waals surface area contributed by atoms with Crippen molar-refractivity contribution in [1.29, 1.82) is 5.26 Å². The lowest BCUT2D eigenvalue weighted by Gasteiger charge is -1.91. The molecular weight excluding hydrogens is 116 g/mol. The minimum absolute atomic E-state index is 0.470. The monoisotopic (exact) mass is 122 g/mol. The van der Waals surface area contributed by atoms with Gasteiger partial charge < -0.3 is 9.72 Å². The van der Waals surface area contributed by atoms with Gasteiger partial charge in [0.1, 0.15) is 6.07 Å². The molecule has 0 aliphatic rings. The molecule has 0 saturated heterocycles. The van der Waals surface area contributed by atoms with Crippen molar-refractivity contribution in [3.8, 4) is 11.8 Å². The molecule has 1 rings (SSSR count). The molecule has 0 bridgehead atoms. The van der Waals surface area contributed by atoms with Crippen LogP contribution in [0.4, 0.5) is 0 Å². The van der Waals surface area contributed by atoms with Gasteiger partial charge in [-0.05, 0) is 6.07 Å². The minimum Gasteiger partial charge on any atom is -0.494 e. The van der Waals surface area contributed by atoms with Gasteiger partial charge in [-0.2, -0.15) is 5.26 Å². The maximum atomic E-state index is 8.38. The summed E-state index contributed by atoms with van der Waals surface area (Å²) in [5.41, 5.74) is 0.470. The maximum absolute atomic E-state index is 8.38. The molecule has 46 valence electrons. The van der Waals surface area contributed by atoms with Gasteiger partial charge in [0.2, 0.25) is 0 Å². The predicted octanol–water partition coefficient (Wildman–Crippen LogP) is 0.895. The number of aromatic amines is 1. The molecule has 9 heavy (non-hydrogen) atoms. The Kier molecular flexibility index (Phi) is 1.41. The second-order valence-corrected chi connectivity index (χ2v) is 1.53. The zero-order valence-electron chi connectivity index (χ0n) is 5.01. The molecule has 0 radical (unpaired) electrons. The van der Waals surface area contributed by atoms with Gasteiger partial charge in [-0.25, -0.2) is 0 Å². The third-order valence-electron chi connectivity index (χ3n) is 1.04. The van der Waals surface area contributed by atoms with E-state index < -0.39 is 0 Å². The Bertz CT molecular complexity index is 233. The van der Waals surface area contributed by atoms with Crippen molar-refractivity contribution in [2.24, 2.45) is 0 Å². The first-order chi connectivity index (χ1) is 4.38. The average molecular weight is 122 g/mol. The summed E-state index contributed by atoms with van der Waals surface area (Å²) in [6.07, 6.45) is 1.66. The number of hydrogen-bond donors (Lipinski definition) is 1. The van der Waals surface area contributed by atoms with Gasteiger partial charge in [-0.15, -0.1) is 0 Å². The van der Waals surface area contributed by atoms with E-state index in [1.807, 2.05) is 6.07 Å². The Balaban J connectivity index is 3.02. The number of nitrogens with one attached hydrogen (secondary N) is 1. The van der Waals surface area contributed by atoms with Gasteiger partial charge >= 0.3 is 0 Å². The highest BCUT2D eigenvalue weighted by Crippen LogP contribution is 2.13. The second kappa shape index (κ2) is 2.23. The highest BCUT2D eigenvalue weighted by atomic mass is 16.5. The summed E-state index contributed by atoms with van der Waals surface area (Å²) in [6.45, 7) is 0. The van der Waals surface area contributed by atoms with E-state index in [9.17, 15) is 0 Å². The molecule has 0 spiro atoms. The van der Waals surface area contributed by atoms with Crippen LogP contribution in [0.2, 0.25) is 0 Å². The highest BCUT2D eigenvalue weighted by molar-refractivity contribution is 5.37. The quantitative estimate of drug-likeness (QED) is 0.601. The molecular formula is C6H6N2O. The zero-order chi connectivity index (χ0) is 6.69. The minimum atomic E-state index is 0.470. The molecule has 1 aromatic heterocycles. The highest BCUT2D eigenvalue weighted by Gasteiger charge is 1.98. The fourth-order valence-electron chi connectivity index (χ4n) is 0.613. The van der Waals surface area contributed by atoms with E-state index in [0.29, 0.717) is 11.4 Å². The summed E-state index contributed by atoms with van der Waals surface area (Å²) in [7, 11) is 1.53. The van der Waals surface area contributed by atoms with E-state index in [0.717, 1.165) is 0 Å². The van der Waals surface area contributed by atoms with Crippen molar-refractivity contribution in [3.63, 3.8) is 0 Å². The summed E-state index contributed by atoms with van der Waals surface area (Å²) in [5.74, 6) is 0.595. The molecule has 1 heterocycles. The van der Waals surface area contributed by atoms with Gasteiger partial charge in [0, 0.05) is 6.20 Å². The topological polar surface area (TPSA) is 48.8 Å². The third-order valence-corrected chi connectivity index (χ3v) is 1.04. The molecule has 3 nitrogen and oxygen atoms in total. The normalized spacial score (nSPS) is 8.44. The van der Waals surface area contributed by atoms with Crippen LogP contribution in [0.25, 0.3) is 0 Å². The van der Waals surface area contributed by atoms with Gasteiger partial charge in [0.25, 0.3) is 0 Å². The Morgan fingerprint density at radius 2 is 2.56 bits per heavy atom. The van der Waals surface area contributed by atoms with Crippen molar-refractivity contribution in [3.05, 3.63) is 18.0 Å². The van der Waals surface area contributed by atoms with Crippen LogP contribution in [0.1, 0.15) is 5.69 Å². The number of aromatic nitrogens is 1. The van der Waals surface area contributed by atoms with Gasteiger partial charge in [-0.3, -0.25) is 0 Å². The fraction of sp³-hybridized carbons (Fsp3) is 0.167. The Hall–Kier alpha value is -1.43. The lowest BCUT2D eigenvalue weighted by Crippen LogP contribution is -1.82. The Morgan fingerprint density at radius 1 is 1.78 bits per heavy atom. The Morgan fingerprint density at radius 3 is 3.00 bits per heavy atom. The average Bonchev–Trinajstić information content (AvgIpc) is 2.33. The third kappa shape index (κ3) is 0.868. The van der Waals surface area contributed by atoms with E-state index in [1.165, 1.54) is 7.11 Å². The fourth-order valence-corrected chi connectivity index (χ4v) is 0.613. The molecule has 3 heteroatoms. The number of nitriles is 1. The van der Waals surface area contributed by atoms with E-state index in [-0.39, 0.29) is 0 Å². The Labute approximate surface area is 52.9 Å². The molecule has 0 saturated carbocycles.